The van der Waals surface area contributed by atoms with Crippen molar-refractivity contribution in [2.45, 2.75) is 12.1 Å². The number of rotatable bonds is 6. The van der Waals surface area contributed by atoms with Gasteiger partial charge in [-0.25, -0.2) is 0 Å². The lowest BCUT2D eigenvalue weighted by atomic mass is 10.2. The molecule has 7 nitrogen and oxygen atoms in total. The van der Waals surface area contributed by atoms with Gasteiger partial charge in [-0.05, 0) is 36.8 Å². The Hall–Kier alpha value is -2.74. The number of furan rings is 1. The second-order valence-corrected chi connectivity index (χ2v) is 5.96. The van der Waals surface area contributed by atoms with Gasteiger partial charge in [0.05, 0.1) is 24.8 Å². The Bertz CT molecular complexity index is 830. The normalized spacial score (nSPS) is 10.6. The van der Waals surface area contributed by atoms with Crippen molar-refractivity contribution in [3.63, 3.8) is 0 Å². The molecule has 124 valence electrons. The van der Waals surface area contributed by atoms with Gasteiger partial charge in [0.25, 0.3) is 0 Å². The monoisotopic (exact) mass is 344 g/mol. The Morgan fingerprint density at radius 3 is 3.00 bits per heavy atom. The zero-order chi connectivity index (χ0) is 16.9. The number of benzene rings is 1. The second-order valence-electron chi connectivity index (χ2n) is 5.00. The standard InChI is InChI=1S/C16H16N4O3S/c1-10-5-6-12(22-2)11(8-10)17-14(21)9-24-16-18-15(19-20-16)13-4-3-7-23-13/h3-8H,9H2,1-2H3,(H,17,21)(H,18,19,20). The first-order valence-corrected chi connectivity index (χ1v) is 8.18. The maximum absolute atomic E-state index is 12.1. The summed E-state index contributed by atoms with van der Waals surface area (Å²) >= 11 is 1.26. The van der Waals surface area contributed by atoms with Crippen molar-refractivity contribution >= 4 is 23.4 Å². The predicted octanol–water partition coefficient (Wildman–Crippen LogP) is 3.11. The zero-order valence-corrected chi connectivity index (χ0v) is 14.0. The molecule has 0 saturated heterocycles. The molecule has 0 aliphatic carbocycles. The number of nitrogens with one attached hydrogen (secondary N) is 2. The van der Waals surface area contributed by atoms with Crippen molar-refractivity contribution in [3.8, 4) is 17.3 Å². The maximum Gasteiger partial charge on any atom is 0.234 e. The lowest BCUT2D eigenvalue weighted by Gasteiger charge is -2.10. The number of H-pyrrole nitrogens is 1. The summed E-state index contributed by atoms with van der Waals surface area (Å²) < 4.78 is 10.5. The molecule has 2 heterocycles. The van der Waals surface area contributed by atoms with Crippen molar-refractivity contribution < 1.29 is 13.9 Å². The third-order valence-corrected chi connectivity index (χ3v) is 4.05. The van der Waals surface area contributed by atoms with Gasteiger partial charge < -0.3 is 19.5 Å². The van der Waals surface area contributed by atoms with Gasteiger partial charge in [-0.3, -0.25) is 4.79 Å². The lowest BCUT2D eigenvalue weighted by Crippen LogP contribution is -2.15. The summed E-state index contributed by atoms with van der Waals surface area (Å²) in [6, 6.07) is 9.17. The molecule has 0 unspecified atom stereocenters. The predicted molar refractivity (Wildman–Crippen MR) is 91.2 cm³/mol. The topological polar surface area (TPSA) is 93.0 Å². The lowest BCUT2D eigenvalue weighted by molar-refractivity contribution is -0.113. The van der Waals surface area contributed by atoms with Gasteiger partial charge in [0.15, 0.2) is 16.7 Å². The van der Waals surface area contributed by atoms with Crippen LogP contribution in [0, 0.1) is 6.92 Å². The third kappa shape index (κ3) is 3.77. The van der Waals surface area contributed by atoms with Crippen molar-refractivity contribution in [2.75, 3.05) is 18.2 Å². The highest BCUT2D eigenvalue weighted by Gasteiger charge is 2.12. The van der Waals surface area contributed by atoms with E-state index in [-0.39, 0.29) is 11.7 Å². The van der Waals surface area contributed by atoms with Crippen LogP contribution in [0.3, 0.4) is 0 Å². The Kier molecular flexibility index (Phi) is 4.85. The minimum atomic E-state index is -0.153. The van der Waals surface area contributed by atoms with Gasteiger partial charge in [-0.2, -0.15) is 0 Å². The van der Waals surface area contributed by atoms with Crippen molar-refractivity contribution in [3.05, 3.63) is 42.2 Å². The van der Waals surface area contributed by atoms with E-state index < -0.39 is 0 Å². The minimum Gasteiger partial charge on any atom is -0.495 e. The summed E-state index contributed by atoms with van der Waals surface area (Å²) in [6.45, 7) is 1.95. The molecule has 3 aromatic rings. The van der Waals surface area contributed by atoms with E-state index in [4.69, 9.17) is 9.15 Å². The van der Waals surface area contributed by atoms with Gasteiger partial charge in [0, 0.05) is 0 Å². The molecule has 0 saturated carbocycles. The van der Waals surface area contributed by atoms with E-state index in [0.717, 1.165) is 5.56 Å². The highest BCUT2D eigenvalue weighted by atomic mass is 32.2. The van der Waals surface area contributed by atoms with E-state index in [0.29, 0.717) is 28.2 Å². The summed E-state index contributed by atoms with van der Waals surface area (Å²) in [4.78, 5) is 15.1. The number of hydrogen-bond donors (Lipinski definition) is 2. The number of thioether (sulfide) groups is 1. The number of nitrogens with zero attached hydrogens (tertiary/aromatic N) is 2. The van der Waals surface area contributed by atoms with E-state index in [1.165, 1.54) is 11.8 Å². The van der Waals surface area contributed by atoms with Crippen LogP contribution in [-0.2, 0) is 4.79 Å². The summed E-state index contributed by atoms with van der Waals surface area (Å²) in [7, 11) is 1.57. The van der Waals surface area contributed by atoms with Crippen molar-refractivity contribution in [2.24, 2.45) is 0 Å². The summed E-state index contributed by atoms with van der Waals surface area (Å²) in [6.07, 6.45) is 1.56. The molecule has 1 amide bonds. The van der Waals surface area contributed by atoms with E-state index in [1.807, 2.05) is 25.1 Å². The molecule has 0 aliphatic rings. The molecule has 0 bridgehead atoms. The number of hydrogen-bond acceptors (Lipinski definition) is 6. The van der Waals surface area contributed by atoms with Crippen LogP contribution in [0.2, 0.25) is 0 Å². The minimum absolute atomic E-state index is 0.153. The molecule has 8 heteroatoms. The fourth-order valence-electron chi connectivity index (χ4n) is 2.08. The Labute approximate surface area is 142 Å². The second kappa shape index (κ2) is 7.22. The Morgan fingerprint density at radius 1 is 1.38 bits per heavy atom. The van der Waals surface area contributed by atoms with Crippen LogP contribution < -0.4 is 10.1 Å². The number of amides is 1. The van der Waals surface area contributed by atoms with E-state index in [1.54, 1.807) is 25.5 Å². The first-order valence-electron chi connectivity index (χ1n) is 7.19. The number of ether oxygens (including phenoxy) is 1. The molecule has 2 N–H and O–H groups in total. The number of carbonyl (C=O) groups is 1. The highest BCUT2D eigenvalue weighted by Crippen LogP contribution is 2.26. The maximum atomic E-state index is 12.1. The quantitative estimate of drug-likeness (QED) is 0.668. The summed E-state index contributed by atoms with van der Waals surface area (Å²) in [5, 5.41) is 11.4. The van der Waals surface area contributed by atoms with Crippen LogP contribution in [0.25, 0.3) is 11.6 Å². The number of aromatic nitrogens is 3. The van der Waals surface area contributed by atoms with Crippen molar-refractivity contribution in [1.29, 1.82) is 0 Å². The highest BCUT2D eigenvalue weighted by molar-refractivity contribution is 7.99. The first kappa shape index (κ1) is 16.1. The molecular formula is C16H16N4O3S. The summed E-state index contributed by atoms with van der Waals surface area (Å²) in [5.74, 6) is 1.80. The Balaban J connectivity index is 1.59. The average molecular weight is 344 g/mol. The summed E-state index contributed by atoms with van der Waals surface area (Å²) in [5.41, 5.74) is 1.69. The fourth-order valence-corrected chi connectivity index (χ4v) is 2.68. The molecule has 1 aromatic carbocycles. The molecule has 3 rings (SSSR count). The average Bonchev–Trinajstić information content (AvgIpc) is 3.24. The number of aromatic amines is 1. The van der Waals surface area contributed by atoms with Gasteiger partial charge in [-0.1, -0.05) is 17.8 Å². The SMILES string of the molecule is COc1ccc(C)cc1NC(=O)CSc1nnc(-c2ccco2)[nH]1. The van der Waals surface area contributed by atoms with Gasteiger partial charge in [0.2, 0.25) is 5.91 Å². The largest absolute Gasteiger partial charge is 0.495 e. The smallest absolute Gasteiger partial charge is 0.234 e. The molecule has 0 aliphatic heterocycles. The zero-order valence-electron chi connectivity index (χ0n) is 13.2. The van der Waals surface area contributed by atoms with Crippen LogP contribution in [0.1, 0.15) is 5.56 Å². The van der Waals surface area contributed by atoms with Crippen molar-refractivity contribution in [1.82, 2.24) is 15.2 Å². The molecule has 2 aromatic heterocycles. The van der Waals surface area contributed by atoms with Crippen LogP contribution in [-0.4, -0.2) is 34.0 Å². The van der Waals surface area contributed by atoms with Crippen LogP contribution in [0.5, 0.6) is 5.75 Å². The molecule has 0 spiro atoms. The van der Waals surface area contributed by atoms with Crippen LogP contribution in [0.15, 0.2) is 46.2 Å². The molecular weight excluding hydrogens is 328 g/mol. The molecule has 0 fully saturated rings. The fraction of sp³-hybridized carbons (Fsp3) is 0.188. The van der Waals surface area contributed by atoms with Crippen LogP contribution in [0.4, 0.5) is 5.69 Å². The van der Waals surface area contributed by atoms with Crippen LogP contribution >= 0.6 is 11.8 Å². The molecule has 0 radical (unpaired) electrons. The third-order valence-electron chi connectivity index (χ3n) is 3.19. The number of carbonyl (C=O) groups excluding carboxylic acids is 1. The van der Waals surface area contributed by atoms with E-state index >= 15 is 0 Å². The van der Waals surface area contributed by atoms with Gasteiger partial charge in [0.1, 0.15) is 5.75 Å². The first-order chi connectivity index (χ1) is 11.7. The number of aryl methyl sites for hydroxylation is 1. The molecule has 0 atom stereocenters. The number of methoxy groups -OCH3 is 1. The Morgan fingerprint density at radius 2 is 2.25 bits per heavy atom. The van der Waals surface area contributed by atoms with E-state index in [9.17, 15) is 4.79 Å². The number of anilines is 1. The van der Waals surface area contributed by atoms with Gasteiger partial charge in [-0.15, -0.1) is 10.2 Å². The molecule has 24 heavy (non-hydrogen) atoms. The van der Waals surface area contributed by atoms with Gasteiger partial charge >= 0.3 is 0 Å². The van der Waals surface area contributed by atoms with E-state index in [2.05, 4.69) is 20.5 Å².